The third-order valence-electron chi connectivity index (χ3n) is 2.51. The summed E-state index contributed by atoms with van der Waals surface area (Å²) < 4.78 is 16.7. The van der Waals surface area contributed by atoms with Crippen molar-refractivity contribution >= 4 is 22.6 Å². The second kappa shape index (κ2) is 7.19. The second-order valence-electron chi connectivity index (χ2n) is 4.28. The van der Waals surface area contributed by atoms with Gasteiger partial charge in [-0.1, -0.05) is 17.7 Å². The Hall–Kier alpha value is -1.49. The summed E-state index contributed by atoms with van der Waals surface area (Å²) >= 11 is 0. The Morgan fingerprint density at radius 3 is 2.53 bits per heavy atom. The number of rotatable bonds is 6. The number of ketones is 1. The number of Topliss-reactive ketones (excluding diaryl/α,β-unsaturated/α-hetero) is 1. The minimum Gasteiger partial charge on any atom is -0.466 e. The van der Waals surface area contributed by atoms with Gasteiger partial charge >= 0.3 is 5.97 Å². The highest BCUT2D eigenvalue weighted by molar-refractivity contribution is 7.85. The summed E-state index contributed by atoms with van der Waals surface area (Å²) in [6.07, 6.45) is -0.315. The predicted molar refractivity (Wildman–Crippen MR) is 73.4 cm³/mol. The first kappa shape index (κ1) is 15.6. The average Bonchev–Trinajstić information content (AvgIpc) is 2.28. The third-order valence-corrected chi connectivity index (χ3v) is 4.05. The molecule has 0 spiro atoms. The van der Waals surface area contributed by atoms with Crippen LogP contribution in [0.5, 0.6) is 0 Å². The van der Waals surface area contributed by atoms with Gasteiger partial charge in [-0.3, -0.25) is 13.8 Å². The molecule has 0 aliphatic carbocycles. The van der Waals surface area contributed by atoms with E-state index in [1.54, 1.807) is 13.0 Å². The zero-order valence-electron chi connectivity index (χ0n) is 11.4. The highest BCUT2D eigenvalue weighted by atomic mass is 32.2. The van der Waals surface area contributed by atoms with Crippen molar-refractivity contribution in [1.82, 2.24) is 0 Å². The molecule has 1 rings (SSSR count). The number of aryl methyl sites for hydroxylation is 2. The fraction of sp³-hybridized carbons (Fsp3) is 0.429. The van der Waals surface area contributed by atoms with Gasteiger partial charge in [0.2, 0.25) is 0 Å². The molecule has 0 fully saturated rings. The molecule has 0 amide bonds. The molecule has 1 aromatic carbocycles. The van der Waals surface area contributed by atoms with Gasteiger partial charge in [-0.15, -0.1) is 0 Å². The van der Waals surface area contributed by atoms with Crippen molar-refractivity contribution in [3.63, 3.8) is 0 Å². The Bertz CT molecular complexity index is 508. The van der Waals surface area contributed by atoms with Crippen molar-refractivity contribution in [3.05, 3.63) is 29.3 Å². The molecule has 1 atom stereocenters. The van der Waals surface area contributed by atoms with Gasteiger partial charge in [-0.05, 0) is 32.4 Å². The van der Waals surface area contributed by atoms with Crippen LogP contribution in [0.2, 0.25) is 0 Å². The summed E-state index contributed by atoms with van der Waals surface area (Å²) in [6.45, 7) is 5.73. The summed E-state index contributed by atoms with van der Waals surface area (Å²) in [7, 11) is -1.41. The number of esters is 1. The first-order valence-electron chi connectivity index (χ1n) is 6.07. The summed E-state index contributed by atoms with van der Waals surface area (Å²) in [5.74, 6) is -1.08. The van der Waals surface area contributed by atoms with Crippen molar-refractivity contribution < 1.29 is 18.5 Å². The molecule has 5 heteroatoms. The molecule has 0 aromatic heterocycles. The summed E-state index contributed by atoms with van der Waals surface area (Å²) in [6, 6.07) is 5.54. The van der Waals surface area contributed by atoms with Crippen LogP contribution in [0.15, 0.2) is 23.1 Å². The molecule has 104 valence electrons. The molecule has 0 radical (unpaired) electrons. The van der Waals surface area contributed by atoms with E-state index in [2.05, 4.69) is 4.74 Å². The zero-order chi connectivity index (χ0) is 14.4. The van der Waals surface area contributed by atoms with Crippen LogP contribution in [0.3, 0.4) is 0 Å². The van der Waals surface area contributed by atoms with Gasteiger partial charge in [-0.25, -0.2) is 0 Å². The lowest BCUT2D eigenvalue weighted by atomic mass is 10.2. The quantitative estimate of drug-likeness (QED) is 0.591. The van der Waals surface area contributed by atoms with E-state index in [9.17, 15) is 13.8 Å². The molecule has 0 saturated heterocycles. The molecule has 0 aliphatic heterocycles. The number of hydrogen-bond donors (Lipinski definition) is 0. The van der Waals surface area contributed by atoms with Crippen LogP contribution >= 0.6 is 0 Å². The van der Waals surface area contributed by atoms with Crippen LogP contribution in [0.25, 0.3) is 0 Å². The monoisotopic (exact) mass is 282 g/mol. The van der Waals surface area contributed by atoms with Gasteiger partial charge < -0.3 is 4.74 Å². The van der Waals surface area contributed by atoms with Crippen molar-refractivity contribution in [1.29, 1.82) is 0 Å². The zero-order valence-corrected chi connectivity index (χ0v) is 12.2. The van der Waals surface area contributed by atoms with Crippen molar-refractivity contribution in [3.8, 4) is 0 Å². The Morgan fingerprint density at radius 1 is 1.26 bits per heavy atom. The van der Waals surface area contributed by atoms with E-state index in [1.165, 1.54) is 0 Å². The first-order valence-corrected chi connectivity index (χ1v) is 7.39. The van der Waals surface area contributed by atoms with E-state index >= 15 is 0 Å². The molecule has 1 unspecified atom stereocenters. The maximum Gasteiger partial charge on any atom is 0.313 e. The Labute approximate surface area is 115 Å². The van der Waals surface area contributed by atoms with E-state index in [0.29, 0.717) is 4.90 Å². The minimum atomic E-state index is -1.41. The second-order valence-corrected chi connectivity index (χ2v) is 5.70. The van der Waals surface area contributed by atoms with E-state index in [0.717, 1.165) is 11.1 Å². The maximum atomic E-state index is 12.1. The van der Waals surface area contributed by atoms with Gasteiger partial charge in [0.1, 0.15) is 6.42 Å². The number of carbonyl (C=O) groups is 2. The van der Waals surface area contributed by atoms with Crippen LogP contribution < -0.4 is 0 Å². The number of carbonyl (C=O) groups excluding carboxylic acids is 2. The fourth-order valence-corrected chi connectivity index (χ4v) is 2.89. The van der Waals surface area contributed by atoms with Crippen molar-refractivity contribution in [2.24, 2.45) is 0 Å². The molecule has 0 bridgehead atoms. The smallest absolute Gasteiger partial charge is 0.313 e. The average molecular weight is 282 g/mol. The lowest BCUT2D eigenvalue weighted by Crippen LogP contribution is -2.17. The SMILES string of the molecule is CCOC(=O)CC(=O)CS(=O)c1ccc(C)cc1C. The van der Waals surface area contributed by atoms with Crippen LogP contribution in [0.4, 0.5) is 0 Å². The normalized spacial score (nSPS) is 11.9. The highest BCUT2D eigenvalue weighted by Gasteiger charge is 2.16. The van der Waals surface area contributed by atoms with Gasteiger partial charge in [0.15, 0.2) is 5.78 Å². The maximum absolute atomic E-state index is 12.1. The van der Waals surface area contributed by atoms with E-state index in [4.69, 9.17) is 0 Å². The number of hydrogen-bond acceptors (Lipinski definition) is 4. The Kier molecular flexibility index (Phi) is 5.89. The Morgan fingerprint density at radius 2 is 1.95 bits per heavy atom. The largest absolute Gasteiger partial charge is 0.466 e. The van der Waals surface area contributed by atoms with Gasteiger partial charge in [0.05, 0.1) is 23.2 Å². The van der Waals surface area contributed by atoms with Crippen LogP contribution in [0.1, 0.15) is 24.5 Å². The Balaban J connectivity index is 2.64. The molecular weight excluding hydrogens is 264 g/mol. The standard InChI is InChI=1S/C14H18O4S/c1-4-18-14(16)8-12(15)9-19(17)13-6-5-10(2)7-11(13)3/h5-7H,4,8-9H2,1-3H3. The summed E-state index contributed by atoms with van der Waals surface area (Å²) in [5, 5.41) is 0. The lowest BCUT2D eigenvalue weighted by molar-refractivity contribution is -0.145. The van der Waals surface area contributed by atoms with E-state index in [1.807, 2.05) is 26.0 Å². The van der Waals surface area contributed by atoms with Gasteiger partial charge in [-0.2, -0.15) is 0 Å². The minimum absolute atomic E-state index is 0.150. The fourth-order valence-electron chi connectivity index (χ4n) is 1.70. The molecule has 0 saturated carbocycles. The van der Waals surface area contributed by atoms with Crippen LogP contribution in [-0.4, -0.2) is 28.3 Å². The predicted octanol–water partition coefficient (Wildman–Crippen LogP) is 1.93. The summed E-state index contributed by atoms with van der Waals surface area (Å²) in [5.41, 5.74) is 1.97. The first-order chi connectivity index (χ1) is 8.93. The van der Waals surface area contributed by atoms with Crippen molar-refractivity contribution in [2.45, 2.75) is 32.1 Å². The van der Waals surface area contributed by atoms with Crippen LogP contribution in [-0.2, 0) is 25.1 Å². The lowest BCUT2D eigenvalue weighted by Gasteiger charge is -2.06. The number of benzene rings is 1. The third kappa shape index (κ3) is 4.95. The molecule has 0 aliphatic rings. The van der Waals surface area contributed by atoms with E-state index in [-0.39, 0.29) is 24.6 Å². The molecule has 19 heavy (non-hydrogen) atoms. The van der Waals surface area contributed by atoms with Crippen LogP contribution in [0, 0.1) is 13.8 Å². The summed E-state index contributed by atoms with van der Waals surface area (Å²) in [4.78, 5) is 23.4. The molecule has 0 N–H and O–H groups in total. The molecular formula is C14H18O4S. The van der Waals surface area contributed by atoms with E-state index < -0.39 is 16.8 Å². The topological polar surface area (TPSA) is 60.4 Å². The highest BCUT2D eigenvalue weighted by Crippen LogP contribution is 2.15. The molecule has 0 heterocycles. The van der Waals surface area contributed by atoms with Gasteiger partial charge in [0, 0.05) is 4.90 Å². The number of ether oxygens (including phenoxy) is 1. The molecule has 4 nitrogen and oxygen atoms in total. The molecule has 1 aromatic rings. The van der Waals surface area contributed by atoms with Crippen molar-refractivity contribution in [2.75, 3.05) is 12.4 Å². The van der Waals surface area contributed by atoms with Gasteiger partial charge in [0.25, 0.3) is 0 Å².